The van der Waals surface area contributed by atoms with Crippen LogP contribution in [0.25, 0.3) is 0 Å². The molecule has 0 aliphatic rings. The van der Waals surface area contributed by atoms with Crippen LogP contribution in [0.4, 0.5) is 11.4 Å². The molecule has 1 aromatic heterocycles. The molecule has 1 heterocycles. The lowest BCUT2D eigenvalue weighted by Crippen LogP contribution is -2.36. The molecule has 2 amide bonds. The zero-order valence-electron chi connectivity index (χ0n) is 19.3. The quantitative estimate of drug-likeness (QED) is 0.520. The summed E-state index contributed by atoms with van der Waals surface area (Å²) in [4.78, 5) is 29.5. The number of amides is 2. The monoisotopic (exact) mass is 433 g/mol. The molecule has 0 saturated carbocycles. The SMILES string of the molecule is CC(C)C(=O)N(Cc1cc(NC(=O)c2ccco2)ccc1N(C)C)C(C)c1ccccc1. The minimum Gasteiger partial charge on any atom is -0.459 e. The Morgan fingerprint density at radius 1 is 0.969 bits per heavy atom. The van der Waals surface area contributed by atoms with E-state index in [1.165, 1.54) is 6.26 Å². The summed E-state index contributed by atoms with van der Waals surface area (Å²) in [7, 11) is 3.93. The van der Waals surface area contributed by atoms with E-state index in [1.807, 2.05) is 93.2 Å². The lowest BCUT2D eigenvalue weighted by atomic mass is 10.0. The number of nitrogens with one attached hydrogen (secondary N) is 1. The van der Waals surface area contributed by atoms with Gasteiger partial charge >= 0.3 is 0 Å². The highest BCUT2D eigenvalue weighted by Gasteiger charge is 2.25. The minimum absolute atomic E-state index is 0.0797. The second-order valence-corrected chi connectivity index (χ2v) is 8.38. The maximum Gasteiger partial charge on any atom is 0.291 e. The van der Waals surface area contributed by atoms with Crippen molar-refractivity contribution in [1.29, 1.82) is 0 Å². The Kier molecular flexibility index (Phi) is 7.36. The maximum atomic E-state index is 13.2. The molecule has 1 N–H and O–H groups in total. The minimum atomic E-state index is -0.314. The van der Waals surface area contributed by atoms with Crippen LogP contribution in [0.15, 0.2) is 71.3 Å². The van der Waals surface area contributed by atoms with Crippen LogP contribution in [0.5, 0.6) is 0 Å². The van der Waals surface area contributed by atoms with Gasteiger partial charge in [0.15, 0.2) is 5.76 Å². The number of nitrogens with zero attached hydrogens (tertiary/aromatic N) is 2. The molecule has 6 nitrogen and oxygen atoms in total. The summed E-state index contributed by atoms with van der Waals surface area (Å²) in [6.45, 7) is 6.30. The number of anilines is 2. The van der Waals surface area contributed by atoms with Gasteiger partial charge < -0.3 is 19.5 Å². The molecule has 0 radical (unpaired) electrons. The topological polar surface area (TPSA) is 65.8 Å². The van der Waals surface area contributed by atoms with Crippen LogP contribution in [0, 0.1) is 5.92 Å². The second-order valence-electron chi connectivity index (χ2n) is 8.38. The fourth-order valence-electron chi connectivity index (χ4n) is 3.66. The molecule has 0 bridgehead atoms. The van der Waals surface area contributed by atoms with Crippen molar-refractivity contribution in [2.45, 2.75) is 33.4 Å². The normalized spacial score (nSPS) is 11.8. The van der Waals surface area contributed by atoms with E-state index in [1.54, 1.807) is 12.1 Å². The third-order valence-corrected chi connectivity index (χ3v) is 5.43. The van der Waals surface area contributed by atoms with E-state index in [9.17, 15) is 9.59 Å². The van der Waals surface area contributed by atoms with Crippen LogP contribution in [-0.4, -0.2) is 30.8 Å². The Morgan fingerprint density at radius 3 is 2.28 bits per heavy atom. The highest BCUT2D eigenvalue weighted by atomic mass is 16.3. The van der Waals surface area contributed by atoms with Crippen molar-refractivity contribution in [3.63, 3.8) is 0 Å². The smallest absolute Gasteiger partial charge is 0.291 e. The first-order valence-electron chi connectivity index (χ1n) is 10.8. The highest BCUT2D eigenvalue weighted by Crippen LogP contribution is 2.30. The number of hydrogen-bond donors (Lipinski definition) is 1. The highest BCUT2D eigenvalue weighted by molar-refractivity contribution is 6.02. The van der Waals surface area contributed by atoms with Gasteiger partial charge in [-0.2, -0.15) is 0 Å². The largest absolute Gasteiger partial charge is 0.459 e. The fourth-order valence-corrected chi connectivity index (χ4v) is 3.66. The number of rotatable bonds is 8. The van der Waals surface area contributed by atoms with Gasteiger partial charge in [0.25, 0.3) is 5.91 Å². The zero-order chi connectivity index (χ0) is 23.3. The van der Waals surface area contributed by atoms with Crippen molar-refractivity contribution in [2.75, 3.05) is 24.3 Å². The molecule has 0 spiro atoms. The van der Waals surface area contributed by atoms with Crippen molar-refractivity contribution in [3.8, 4) is 0 Å². The van der Waals surface area contributed by atoms with Gasteiger partial charge in [-0.15, -0.1) is 0 Å². The number of carbonyl (C=O) groups is 2. The van der Waals surface area contributed by atoms with Crippen LogP contribution in [0.3, 0.4) is 0 Å². The van der Waals surface area contributed by atoms with Crippen molar-refractivity contribution < 1.29 is 14.0 Å². The van der Waals surface area contributed by atoms with Crippen LogP contribution < -0.4 is 10.2 Å². The van der Waals surface area contributed by atoms with Gasteiger partial charge in [-0.25, -0.2) is 0 Å². The average molecular weight is 434 g/mol. The average Bonchev–Trinajstić information content (AvgIpc) is 3.32. The lowest BCUT2D eigenvalue weighted by molar-refractivity contribution is -0.137. The number of hydrogen-bond acceptors (Lipinski definition) is 4. The first-order chi connectivity index (χ1) is 15.3. The van der Waals surface area contributed by atoms with Crippen molar-refractivity contribution in [1.82, 2.24) is 4.90 Å². The summed E-state index contributed by atoms with van der Waals surface area (Å²) in [6.07, 6.45) is 1.47. The molecule has 0 aliphatic carbocycles. The first-order valence-corrected chi connectivity index (χ1v) is 10.8. The Hall–Kier alpha value is -3.54. The molecule has 2 aromatic carbocycles. The summed E-state index contributed by atoms with van der Waals surface area (Å²) in [5.41, 5.74) is 3.67. The summed E-state index contributed by atoms with van der Waals surface area (Å²) in [5.74, 6) is -0.120. The van der Waals surface area contributed by atoms with Gasteiger partial charge in [-0.3, -0.25) is 9.59 Å². The maximum absolute atomic E-state index is 13.2. The molecular weight excluding hydrogens is 402 g/mol. The van der Waals surface area contributed by atoms with E-state index in [2.05, 4.69) is 5.32 Å². The molecule has 32 heavy (non-hydrogen) atoms. The van der Waals surface area contributed by atoms with E-state index in [0.29, 0.717) is 12.2 Å². The lowest BCUT2D eigenvalue weighted by Gasteiger charge is -2.33. The van der Waals surface area contributed by atoms with Gasteiger partial charge in [0, 0.05) is 37.9 Å². The summed E-state index contributed by atoms with van der Waals surface area (Å²) >= 11 is 0. The predicted octanol–water partition coefficient (Wildman–Crippen LogP) is 5.34. The van der Waals surface area contributed by atoms with Gasteiger partial charge in [-0.1, -0.05) is 44.2 Å². The van der Waals surface area contributed by atoms with Crippen LogP contribution in [-0.2, 0) is 11.3 Å². The van der Waals surface area contributed by atoms with Crippen molar-refractivity contribution in [3.05, 3.63) is 83.8 Å². The molecule has 0 aliphatic heterocycles. The van der Waals surface area contributed by atoms with E-state index < -0.39 is 0 Å². The number of carbonyl (C=O) groups excluding carboxylic acids is 2. The van der Waals surface area contributed by atoms with E-state index in [0.717, 1.165) is 16.8 Å². The molecule has 6 heteroatoms. The molecule has 1 unspecified atom stereocenters. The Labute approximate surface area is 189 Å². The molecule has 0 fully saturated rings. The third kappa shape index (κ3) is 5.38. The predicted molar refractivity (Wildman–Crippen MR) is 128 cm³/mol. The van der Waals surface area contributed by atoms with E-state index in [-0.39, 0.29) is 29.5 Å². The standard InChI is InChI=1S/C26H31N3O3/c1-18(2)26(31)29(19(3)20-10-7-6-8-11-20)17-21-16-22(13-14-23(21)28(4)5)27-25(30)24-12-9-15-32-24/h6-16,18-19H,17H2,1-5H3,(H,27,30). The summed E-state index contributed by atoms with van der Waals surface area (Å²) < 4.78 is 5.19. The zero-order valence-corrected chi connectivity index (χ0v) is 19.3. The van der Waals surface area contributed by atoms with Crippen LogP contribution in [0.2, 0.25) is 0 Å². The number of furan rings is 1. The Bertz CT molecular complexity index is 1040. The first kappa shape index (κ1) is 23.1. The van der Waals surface area contributed by atoms with Crippen molar-refractivity contribution in [2.24, 2.45) is 5.92 Å². The fraction of sp³-hybridized carbons (Fsp3) is 0.308. The second kappa shape index (κ2) is 10.2. The summed E-state index contributed by atoms with van der Waals surface area (Å²) in [6, 6.07) is 19.0. The summed E-state index contributed by atoms with van der Waals surface area (Å²) in [5, 5.41) is 2.88. The van der Waals surface area contributed by atoms with Gasteiger partial charge in [0.05, 0.1) is 12.3 Å². The van der Waals surface area contributed by atoms with Gasteiger partial charge in [0.1, 0.15) is 0 Å². The van der Waals surface area contributed by atoms with E-state index >= 15 is 0 Å². The molecule has 3 rings (SSSR count). The van der Waals surface area contributed by atoms with E-state index in [4.69, 9.17) is 4.42 Å². The molecule has 3 aromatic rings. The Balaban J connectivity index is 1.94. The number of benzene rings is 2. The van der Waals surface area contributed by atoms with Crippen molar-refractivity contribution >= 4 is 23.2 Å². The molecule has 1 atom stereocenters. The van der Waals surface area contributed by atoms with Crippen LogP contribution in [0.1, 0.15) is 48.5 Å². The van der Waals surface area contributed by atoms with Crippen LogP contribution >= 0.6 is 0 Å². The third-order valence-electron chi connectivity index (χ3n) is 5.43. The molecular formula is C26H31N3O3. The molecule has 168 valence electrons. The Morgan fingerprint density at radius 2 is 1.69 bits per heavy atom. The van der Waals surface area contributed by atoms with Gasteiger partial charge in [-0.05, 0) is 48.4 Å². The molecule has 0 saturated heterocycles. The van der Waals surface area contributed by atoms with Gasteiger partial charge in [0.2, 0.25) is 5.91 Å².